The minimum atomic E-state index is -0.387. The average molecular weight is 783 g/mol. The summed E-state index contributed by atoms with van der Waals surface area (Å²) in [6, 6.07) is 0. The zero-order chi connectivity index (χ0) is 40.1. The van der Waals surface area contributed by atoms with Gasteiger partial charge >= 0.3 is 0 Å². The first-order valence-electron chi connectivity index (χ1n) is 23.7. The van der Waals surface area contributed by atoms with Crippen LogP contribution in [0.15, 0.2) is 24.3 Å². The first kappa shape index (κ1) is 54.2. The van der Waals surface area contributed by atoms with E-state index in [4.69, 9.17) is 33.2 Å². The molecule has 55 heavy (non-hydrogen) atoms. The number of allylic oxidation sites excluding steroid dienone is 2. The van der Waals surface area contributed by atoms with E-state index in [2.05, 4.69) is 39.8 Å². The van der Waals surface area contributed by atoms with Gasteiger partial charge in [-0.2, -0.15) is 0 Å². The molecule has 0 aromatic rings. The Morgan fingerprint density at radius 3 is 0.855 bits per heavy atom. The fraction of sp³-hybridized carbons (Fsp3) is 0.917. The van der Waals surface area contributed by atoms with Crippen LogP contribution in [0, 0.1) is 0 Å². The van der Waals surface area contributed by atoms with Gasteiger partial charge in [0.25, 0.3) is 0 Å². The van der Waals surface area contributed by atoms with E-state index in [0.717, 1.165) is 77.8 Å². The molecular weight excluding hydrogens is 689 g/mol. The Hall–Kier alpha value is -0.800. The van der Waals surface area contributed by atoms with E-state index in [9.17, 15) is 0 Å². The molecule has 0 heterocycles. The smallest absolute Gasteiger partial charge is 0.179 e. The van der Waals surface area contributed by atoms with Crippen molar-refractivity contribution in [2.24, 2.45) is 0 Å². The van der Waals surface area contributed by atoms with Crippen molar-refractivity contribution in [2.75, 3.05) is 40.6 Å². The summed E-state index contributed by atoms with van der Waals surface area (Å²) in [7, 11) is 3.39. The van der Waals surface area contributed by atoms with E-state index in [1.165, 1.54) is 141 Å². The Balaban J connectivity index is 3.73. The monoisotopic (exact) mass is 783 g/mol. The Labute approximate surface area is 342 Å². The standard InChI is InChI=1S/C48H94O7/c1-7-41-51-47(52-42-8-2)39-35-31-27-23-19-15-11-13-17-21-25-29-33-37-45(49-5)55-46(50-6)38-34-30-26-22-18-14-12-16-20-24-28-32-36-40-48(53-43-9-3)54-44-10-4/h33-34,37-38,45-48H,7-32,35-36,39-44H2,1-6H3. The van der Waals surface area contributed by atoms with Crippen LogP contribution in [0.1, 0.15) is 220 Å². The number of methoxy groups -OCH3 is 2. The van der Waals surface area contributed by atoms with Crippen LogP contribution in [0.2, 0.25) is 0 Å². The predicted octanol–water partition coefficient (Wildman–Crippen LogP) is 14.6. The zero-order valence-electron chi connectivity index (χ0n) is 37.5. The first-order valence-corrected chi connectivity index (χ1v) is 23.7. The Bertz CT molecular complexity index is 697. The topological polar surface area (TPSA) is 64.6 Å². The molecule has 0 radical (unpaired) electrons. The number of unbranched alkanes of at least 4 members (excludes halogenated alkanes) is 22. The van der Waals surface area contributed by atoms with Crippen molar-refractivity contribution in [2.45, 2.75) is 245 Å². The van der Waals surface area contributed by atoms with Crippen molar-refractivity contribution in [3.05, 3.63) is 24.3 Å². The molecule has 7 nitrogen and oxygen atoms in total. The number of hydrogen-bond acceptors (Lipinski definition) is 7. The minimum Gasteiger partial charge on any atom is -0.353 e. The van der Waals surface area contributed by atoms with E-state index in [-0.39, 0.29) is 25.2 Å². The molecule has 7 heteroatoms. The van der Waals surface area contributed by atoms with Crippen molar-refractivity contribution in [3.63, 3.8) is 0 Å². The first-order chi connectivity index (χ1) is 27.1. The Morgan fingerprint density at radius 1 is 0.345 bits per heavy atom. The van der Waals surface area contributed by atoms with Gasteiger partial charge in [0.05, 0.1) is 0 Å². The van der Waals surface area contributed by atoms with Crippen LogP contribution in [0.3, 0.4) is 0 Å². The fourth-order valence-corrected chi connectivity index (χ4v) is 6.66. The second kappa shape index (κ2) is 45.9. The van der Waals surface area contributed by atoms with Crippen LogP contribution in [-0.2, 0) is 33.2 Å². The molecule has 0 saturated heterocycles. The lowest BCUT2D eigenvalue weighted by atomic mass is 10.0. The molecule has 328 valence electrons. The van der Waals surface area contributed by atoms with Crippen molar-refractivity contribution in [1.82, 2.24) is 0 Å². The molecule has 0 rings (SSSR count). The van der Waals surface area contributed by atoms with Gasteiger partial charge in [-0.05, 0) is 89.2 Å². The average Bonchev–Trinajstić information content (AvgIpc) is 3.20. The van der Waals surface area contributed by atoms with Gasteiger partial charge in [-0.15, -0.1) is 0 Å². The van der Waals surface area contributed by atoms with Gasteiger partial charge in [0.2, 0.25) is 0 Å². The third-order valence-electron chi connectivity index (χ3n) is 9.97. The summed E-state index contributed by atoms with van der Waals surface area (Å²) in [5.41, 5.74) is 0. The van der Waals surface area contributed by atoms with E-state index in [1.54, 1.807) is 14.2 Å². The van der Waals surface area contributed by atoms with E-state index < -0.39 is 0 Å². The summed E-state index contributed by atoms with van der Waals surface area (Å²) >= 11 is 0. The van der Waals surface area contributed by atoms with Crippen LogP contribution in [0.4, 0.5) is 0 Å². The predicted molar refractivity (Wildman–Crippen MR) is 234 cm³/mol. The van der Waals surface area contributed by atoms with Crippen LogP contribution in [-0.4, -0.2) is 65.8 Å². The molecule has 0 amide bonds. The molecule has 0 aromatic carbocycles. The second-order valence-corrected chi connectivity index (χ2v) is 15.5. The molecule has 0 N–H and O–H groups in total. The van der Waals surface area contributed by atoms with Crippen LogP contribution in [0.25, 0.3) is 0 Å². The summed E-state index contributed by atoms with van der Waals surface area (Å²) in [6.45, 7) is 11.8. The summed E-state index contributed by atoms with van der Waals surface area (Å²) in [6.07, 6.45) is 45.1. The van der Waals surface area contributed by atoms with Gasteiger partial charge in [-0.3, -0.25) is 0 Å². The molecule has 0 fully saturated rings. The molecular formula is C48H94O7. The van der Waals surface area contributed by atoms with Crippen molar-refractivity contribution >= 4 is 0 Å². The third-order valence-corrected chi connectivity index (χ3v) is 9.97. The Morgan fingerprint density at radius 2 is 0.600 bits per heavy atom. The second-order valence-electron chi connectivity index (χ2n) is 15.5. The SMILES string of the molecule is CCCOC(CCCCCCCCCCCCCC=CC(OC)OC(C=CCCCCCCCCCCCCCC(OCCC)OCCC)OC)OCCC. The molecule has 0 saturated carbocycles. The van der Waals surface area contributed by atoms with Gasteiger partial charge < -0.3 is 33.2 Å². The van der Waals surface area contributed by atoms with Gasteiger partial charge in [0, 0.05) is 40.6 Å². The molecule has 2 unspecified atom stereocenters. The summed E-state index contributed by atoms with van der Waals surface area (Å²) in [4.78, 5) is 0. The molecule has 0 aromatic heterocycles. The van der Waals surface area contributed by atoms with Crippen molar-refractivity contribution in [3.8, 4) is 0 Å². The van der Waals surface area contributed by atoms with Crippen LogP contribution >= 0.6 is 0 Å². The summed E-state index contributed by atoms with van der Waals surface area (Å²) in [5.74, 6) is 0. The lowest BCUT2D eigenvalue weighted by molar-refractivity contribution is -0.188. The van der Waals surface area contributed by atoms with Gasteiger partial charge in [0.15, 0.2) is 25.2 Å². The highest BCUT2D eigenvalue weighted by Crippen LogP contribution is 2.17. The molecule has 0 aliphatic carbocycles. The summed E-state index contributed by atoms with van der Waals surface area (Å²) < 4.78 is 40.5. The maximum absolute atomic E-state index is 6.01. The molecule has 2 atom stereocenters. The lowest BCUT2D eigenvalue weighted by Crippen LogP contribution is -2.22. The highest BCUT2D eigenvalue weighted by molar-refractivity contribution is 4.89. The van der Waals surface area contributed by atoms with E-state index in [1.807, 2.05) is 12.2 Å². The molecule has 0 aliphatic heterocycles. The van der Waals surface area contributed by atoms with E-state index >= 15 is 0 Å². The lowest BCUT2D eigenvalue weighted by Gasteiger charge is -2.18. The van der Waals surface area contributed by atoms with Crippen molar-refractivity contribution in [1.29, 1.82) is 0 Å². The Kier molecular flexibility index (Phi) is 45.2. The molecule has 0 bridgehead atoms. The van der Waals surface area contributed by atoms with E-state index in [0.29, 0.717) is 0 Å². The van der Waals surface area contributed by atoms with Crippen molar-refractivity contribution < 1.29 is 33.2 Å². The molecule has 0 spiro atoms. The van der Waals surface area contributed by atoms with Gasteiger partial charge in [-0.1, -0.05) is 155 Å². The maximum atomic E-state index is 6.01. The largest absolute Gasteiger partial charge is 0.353 e. The number of hydrogen-bond donors (Lipinski definition) is 0. The minimum absolute atomic E-state index is 0.00429. The fourth-order valence-electron chi connectivity index (χ4n) is 6.66. The van der Waals surface area contributed by atoms with Crippen LogP contribution in [0.5, 0.6) is 0 Å². The highest BCUT2D eigenvalue weighted by atomic mass is 16.8. The zero-order valence-corrected chi connectivity index (χ0v) is 37.5. The normalized spacial score (nSPS) is 13.4. The number of rotatable bonds is 46. The van der Waals surface area contributed by atoms with Gasteiger partial charge in [-0.25, -0.2) is 0 Å². The van der Waals surface area contributed by atoms with Crippen LogP contribution < -0.4 is 0 Å². The molecule has 0 aliphatic rings. The maximum Gasteiger partial charge on any atom is 0.179 e. The quantitative estimate of drug-likeness (QED) is 0.0346. The highest BCUT2D eigenvalue weighted by Gasteiger charge is 2.11. The summed E-state index contributed by atoms with van der Waals surface area (Å²) in [5, 5.41) is 0. The van der Waals surface area contributed by atoms with Gasteiger partial charge in [0.1, 0.15) is 0 Å². The number of ether oxygens (including phenoxy) is 7. The third kappa shape index (κ3) is 39.8.